The number of hydrogen-bond acceptors (Lipinski definition) is 7. The third-order valence-electron chi connectivity index (χ3n) is 2.68. The summed E-state index contributed by atoms with van der Waals surface area (Å²) in [6, 6.07) is 0. The van der Waals surface area contributed by atoms with Gasteiger partial charge in [-0.05, 0) is 4.92 Å². The number of aryl methyl sites for hydroxylation is 1. The molecular weight excluding hydrogens is 290 g/mol. The van der Waals surface area contributed by atoms with Gasteiger partial charge < -0.3 is 19.1 Å². The van der Waals surface area contributed by atoms with Gasteiger partial charge in [0.05, 0.1) is 13.5 Å². The van der Waals surface area contributed by atoms with Crippen molar-refractivity contribution >= 4 is 16.9 Å². The van der Waals surface area contributed by atoms with Gasteiger partial charge in [-0.3, -0.25) is 0 Å². The topological polar surface area (TPSA) is 137 Å². The van der Waals surface area contributed by atoms with E-state index in [1.54, 1.807) is 6.92 Å². The predicted octanol–water partition coefficient (Wildman–Crippen LogP) is 0.525. The van der Waals surface area contributed by atoms with Crippen molar-refractivity contribution in [2.24, 2.45) is 7.05 Å². The molecule has 0 radical (unpaired) electrons. The van der Waals surface area contributed by atoms with Crippen molar-refractivity contribution in [1.82, 2.24) is 19.7 Å². The largest absolute Gasteiger partial charge is 0.424 e. The molecule has 11 heteroatoms. The standard InChI is InChI=1S/C9H11N5O5S/c1-5-11-12-9(19-5)6(20(17)18)3-7-10-4-8(13(7)2)14(15)16/h4,6H,3H2,1-2H3,(H,17,18). The van der Waals surface area contributed by atoms with E-state index in [1.807, 2.05) is 0 Å². The molecule has 2 aromatic heterocycles. The lowest BCUT2D eigenvalue weighted by molar-refractivity contribution is -0.391. The summed E-state index contributed by atoms with van der Waals surface area (Å²) in [5.74, 6) is 0.333. The number of hydrogen-bond donors (Lipinski definition) is 1. The Balaban J connectivity index is 2.30. The van der Waals surface area contributed by atoms with E-state index >= 15 is 0 Å². The lowest BCUT2D eigenvalue weighted by atomic mass is 10.3. The van der Waals surface area contributed by atoms with E-state index in [1.165, 1.54) is 11.6 Å². The van der Waals surface area contributed by atoms with Gasteiger partial charge in [-0.2, -0.15) is 0 Å². The van der Waals surface area contributed by atoms with Crippen LogP contribution >= 0.6 is 0 Å². The van der Waals surface area contributed by atoms with Crippen LogP contribution < -0.4 is 0 Å². The van der Waals surface area contributed by atoms with Crippen LogP contribution in [0.1, 0.15) is 22.9 Å². The van der Waals surface area contributed by atoms with Gasteiger partial charge in [-0.25, -0.2) is 13.8 Å². The highest BCUT2D eigenvalue weighted by Gasteiger charge is 2.29. The smallest absolute Gasteiger partial charge is 0.342 e. The summed E-state index contributed by atoms with van der Waals surface area (Å²) < 4.78 is 27.1. The molecule has 1 N–H and O–H groups in total. The minimum Gasteiger partial charge on any atom is -0.424 e. The molecule has 108 valence electrons. The van der Waals surface area contributed by atoms with E-state index in [0.29, 0.717) is 0 Å². The molecule has 2 rings (SSSR count). The first-order valence-electron chi connectivity index (χ1n) is 5.44. The van der Waals surface area contributed by atoms with Crippen LogP contribution in [0, 0.1) is 17.0 Å². The van der Waals surface area contributed by atoms with Crippen LogP contribution in [0.2, 0.25) is 0 Å². The molecule has 20 heavy (non-hydrogen) atoms. The van der Waals surface area contributed by atoms with Crippen LogP contribution in [-0.4, -0.2) is 33.4 Å². The highest BCUT2D eigenvalue weighted by atomic mass is 32.2. The Morgan fingerprint density at radius 3 is 2.75 bits per heavy atom. The Kier molecular flexibility index (Phi) is 3.90. The third kappa shape index (κ3) is 2.72. The van der Waals surface area contributed by atoms with Crippen LogP contribution in [0.3, 0.4) is 0 Å². The maximum atomic E-state index is 11.4. The van der Waals surface area contributed by atoms with E-state index < -0.39 is 21.3 Å². The molecule has 0 fully saturated rings. The van der Waals surface area contributed by atoms with E-state index in [2.05, 4.69) is 15.2 Å². The van der Waals surface area contributed by atoms with Gasteiger partial charge in [0.25, 0.3) is 0 Å². The van der Waals surface area contributed by atoms with Crippen LogP contribution in [0.4, 0.5) is 5.82 Å². The fourth-order valence-corrected chi connectivity index (χ4v) is 2.21. The zero-order chi connectivity index (χ0) is 14.9. The lowest BCUT2D eigenvalue weighted by Crippen LogP contribution is -2.13. The maximum absolute atomic E-state index is 11.4. The van der Waals surface area contributed by atoms with E-state index in [9.17, 15) is 18.9 Å². The van der Waals surface area contributed by atoms with Crippen LogP contribution in [0.15, 0.2) is 10.6 Å². The SMILES string of the molecule is Cc1nnc(C(Cc2ncc([N+](=O)[O-])n2C)S(=O)O)o1. The number of nitro groups is 1. The zero-order valence-corrected chi connectivity index (χ0v) is 11.4. The van der Waals surface area contributed by atoms with Crippen molar-refractivity contribution in [3.05, 3.63) is 33.9 Å². The second-order valence-electron chi connectivity index (χ2n) is 3.98. The normalized spacial score (nSPS) is 14.2. The van der Waals surface area contributed by atoms with Crippen LogP contribution in [0.5, 0.6) is 0 Å². The van der Waals surface area contributed by atoms with E-state index in [-0.39, 0.29) is 29.8 Å². The van der Waals surface area contributed by atoms with Crippen molar-refractivity contribution in [2.45, 2.75) is 18.6 Å². The second-order valence-corrected chi connectivity index (χ2v) is 5.10. The molecule has 2 aromatic rings. The molecular formula is C9H11N5O5S. The lowest BCUT2D eigenvalue weighted by Gasteiger charge is -2.06. The molecule has 0 aliphatic carbocycles. The predicted molar refractivity (Wildman–Crippen MR) is 66.1 cm³/mol. The minimum atomic E-state index is -2.27. The molecule has 2 unspecified atom stereocenters. The first-order valence-corrected chi connectivity index (χ1v) is 6.61. The van der Waals surface area contributed by atoms with Crippen molar-refractivity contribution in [2.75, 3.05) is 0 Å². The Morgan fingerprint density at radius 2 is 2.30 bits per heavy atom. The van der Waals surface area contributed by atoms with Crippen LogP contribution in [0.25, 0.3) is 0 Å². The Labute approximate surface area is 115 Å². The average Bonchev–Trinajstić information content (AvgIpc) is 2.92. The monoisotopic (exact) mass is 301 g/mol. The number of rotatable bonds is 5. The fraction of sp³-hybridized carbons (Fsp3) is 0.444. The summed E-state index contributed by atoms with van der Waals surface area (Å²) in [6.07, 6.45) is 1.06. The molecule has 2 atom stereocenters. The van der Waals surface area contributed by atoms with Crippen molar-refractivity contribution in [3.8, 4) is 0 Å². The summed E-state index contributed by atoms with van der Waals surface area (Å²) >= 11 is -2.27. The molecule has 0 saturated carbocycles. The van der Waals surface area contributed by atoms with Crippen molar-refractivity contribution in [1.29, 1.82) is 0 Å². The van der Waals surface area contributed by atoms with Crippen LogP contribution in [-0.2, 0) is 24.5 Å². The van der Waals surface area contributed by atoms with Crippen molar-refractivity contribution < 1.29 is 18.1 Å². The Hall–Kier alpha value is -2.14. The molecule has 2 heterocycles. The van der Waals surface area contributed by atoms with Gasteiger partial charge in [0.2, 0.25) is 11.8 Å². The van der Waals surface area contributed by atoms with E-state index in [0.717, 1.165) is 6.20 Å². The highest BCUT2D eigenvalue weighted by molar-refractivity contribution is 7.79. The highest BCUT2D eigenvalue weighted by Crippen LogP contribution is 2.23. The molecule has 0 saturated heterocycles. The van der Waals surface area contributed by atoms with Gasteiger partial charge in [0.15, 0.2) is 16.9 Å². The number of nitrogens with zero attached hydrogens (tertiary/aromatic N) is 5. The number of aromatic nitrogens is 4. The Morgan fingerprint density at radius 1 is 1.60 bits per heavy atom. The van der Waals surface area contributed by atoms with Gasteiger partial charge >= 0.3 is 5.82 Å². The number of imidazole rings is 1. The summed E-state index contributed by atoms with van der Waals surface area (Å²) in [4.78, 5) is 14.0. The summed E-state index contributed by atoms with van der Waals surface area (Å²) in [6.45, 7) is 1.56. The zero-order valence-electron chi connectivity index (χ0n) is 10.6. The summed E-state index contributed by atoms with van der Waals surface area (Å²) in [5, 5.41) is 17.0. The van der Waals surface area contributed by atoms with Gasteiger partial charge in [-0.15, -0.1) is 10.2 Å². The first kappa shape index (κ1) is 14.3. The molecule has 0 spiro atoms. The molecule has 0 aliphatic rings. The molecule has 0 amide bonds. The van der Waals surface area contributed by atoms with E-state index in [4.69, 9.17) is 4.42 Å². The summed E-state index contributed by atoms with van der Waals surface area (Å²) in [5.41, 5.74) is 0. The molecule has 0 aromatic carbocycles. The summed E-state index contributed by atoms with van der Waals surface area (Å²) in [7, 11) is 1.46. The fourth-order valence-electron chi connectivity index (χ4n) is 1.65. The van der Waals surface area contributed by atoms with Gasteiger partial charge in [-0.1, -0.05) is 0 Å². The minimum absolute atomic E-state index is 0.00557. The Bertz CT molecular complexity index is 665. The second kappa shape index (κ2) is 5.46. The van der Waals surface area contributed by atoms with Gasteiger partial charge in [0.1, 0.15) is 11.4 Å². The first-order chi connectivity index (χ1) is 9.40. The maximum Gasteiger partial charge on any atom is 0.342 e. The quantitative estimate of drug-likeness (QED) is 0.479. The molecule has 10 nitrogen and oxygen atoms in total. The molecule has 0 bridgehead atoms. The molecule has 0 aliphatic heterocycles. The van der Waals surface area contributed by atoms with Crippen molar-refractivity contribution in [3.63, 3.8) is 0 Å². The average molecular weight is 301 g/mol. The van der Waals surface area contributed by atoms with Gasteiger partial charge in [0, 0.05) is 6.92 Å². The third-order valence-corrected chi connectivity index (χ3v) is 3.53.